The fraction of sp³-hybridized carbons (Fsp3) is 0.684. The summed E-state index contributed by atoms with van der Waals surface area (Å²) in [6.07, 6.45) is 3.61. The van der Waals surface area contributed by atoms with Crippen LogP contribution in [0.5, 0.6) is 5.75 Å². The highest BCUT2D eigenvalue weighted by Gasteiger charge is 2.32. The van der Waals surface area contributed by atoms with Crippen LogP contribution in [0.15, 0.2) is 29.2 Å². The number of nitrogens with zero attached hydrogens (tertiary/aromatic N) is 3. The first-order chi connectivity index (χ1) is 12.5. The lowest BCUT2D eigenvalue weighted by atomic mass is 10.0. The van der Waals surface area contributed by atoms with Crippen molar-refractivity contribution in [1.82, 2.24) is 14.1 Å². The fourth-order valence-electron chi connectivity index (χ4n) is 4.03. The molecule has 146 valence electrons. The first-order valence-corrected chi connectivity index (χ1v) is 11.1. The van der Waals surface area contributed by atoms with E-state index >= 15 is 0 Å². The largest absolute Gasteiger partial charge is 0.497 e. The van der Waals surface area contributed by atoms with Gasteiger partial charge in [0.05, 0.1) is 12.0 Å². The van der Waals surface area contributed by atoms with Gasteiger partial charge in [0.15, 0.2) is 0 Å². The molecule has 0 unspecified atom stereocenters. The van der Waals surface area contributed by atoms with Crippen molar-refractivity contribution in [2.75, 3.05) is 52.9 Å². The number of rotatable bonds is 6. The molecule has 6 nitrogen and oxygen atoms in total. The maximum atomic E-state index is 12.8. The first-order valence-electron chi connectivity index (χ1n) is 9.65. The molecule has 0 saturated carbocycles. The van der Waals surface area contributed by atoms with Crippen LogP contribution < -0.4 is 4.74 Å². The number of sulfonamides is 1. The standard InChI is InChI=1S/C19H31N3O3S/c1-3-10-20-11-8-17(9-12-20)21-13-15-22(16-14-21)26(23,24)19-6-4-18(25-2)5-7-19/h4-7,17H,3,8-16H2,1-2H3. The summed E-state index contributed by atoms with van der Waals surface area (Å²) in [7, 11) is -1.84. The lowest BCUT2D eigenvalue weighted by Crippen LogP contribution is -2.54. The molecule has 7 heteroatoms. The van der Waals surface area contributed by atoms with E-state index in [0.717, 1.165) is 13.1 Å². The van der Waals surface area contributed by atoms with Crippen LogP contribution in [0.1, 0.15) is 26.2 Å². The zero-order chi connectivity index (χ0) is 18.6. The molecule has 0 aliphatic carbocycles. The molecule has 2 fully saturated rings. The summed E-state index contributed by atoms with van der Waals surface area (Å²) in [5, 5.41) is 0. The van der Waals surface area contributed by atoms with Gasteiger partial charge in [-0.1, -0.05) is 6.92 Å². The molecule has 0 aromatic heterocycles. The van der Waals surface area contributed by atoms with Crippen LogP contribution in [-0.2, 0) is 10.0 Å². The van der Waals surface area contributed by atoms with Gasteiger partial charge < -0.3 is 9.64 Å². The zero-order valence-electron chi connectivity index (χ0n) is 15.9. The quantitative estimate of drug-likeness (QED) is 0.753. The predicted molar refractivity (Wildman–Crippen MR) is 103 cm³/mol. The van der Waals surface area contributed by atoms with Crippen LogP contribution in [0, 0.1) is 0 Å². The lowest BCUT2D eigenvalue weighted by Gasteiger charge is -2.42. The Balaban J connectivity index is 1.54. The van der Waals surface area contributed by atoms with Gasteiger partial charge >= 0.3 is 0 Å². The molecule has 2 heterocycles. The molecule has 0 amide bonds. The normalized spacial score (nSPS) is 21.8. The van der Waals surface area contributed by atoms with Gasteiger partial charge in [0.1, 0.15) is 5.75 Å². The molecule has 2 saturated heterocycles. The van der Waals surface area contributed by atoms with Crippen LogP contribution >= 0.6 is 0 Å². The fourth-order valence-corrected chi connectivity index (χ4v) is 5.45. The molecule has 2 aliphatic heterocycles. The van der Waals surface area contributed by atoms with Crippen molar-refractivity contribution in [1.29, 1.82) is 0 Å². The minimum Gasteiger partial charge on any atom is -0.497 e. The Morgan fingerprint density at radius 3 is 2.15 bits per heavy atom. The summed E-state index contributed by atoms with van der Waals surface area (Å²) in [6.45, 7) is 8.57. The zero-order valence-corrected chi connectivity index (χ0v) is 16.7. The van der Waals surface area contributed by atoms with E-state index in [2.05, 4.69) is 16.7 Å². The lowest BCUT2D eigenvalue weighted by molar-refractivity contribution is 0.0811. The van der Waals surface area contributed by atoms with Gasteiger partial charge in [-0.3, -0.25) is 4.90 Å². The monoisotopic (exact) mass is 381 g/mol. The van der Waals surface area contributed by atoms with Gasteiger partial charge in [-0.25, -0.2) is 8.42 Å². The van der Waals surface area contributed by atoms with E-state index in [9.17, 15) is 8.42 Å². The van der Waals surface area contributed by atoms with Gasteiger partial charge in [0.25, 0.3) is 0 Å². The van der Waals surface area contributed by atoms with Crippen LogP contribution in [0.3, 0.4) is 0 Å². The summed E-state index contributed by atoms with van der Waals surface area (Å²) in [4.78, 5) is 5.38. The second-order valence-corrected chi connectivity index (χ2v) is 9.13. The molecule has 0 spiro atoms. The van der Waals surface area contributed by atoms with E-state index in [-0.39, 0.29) is 0 Å². The number of piperazine rings is 1. The first kappa shape index (κ1) is 19.6. The number of hydrogen-bond donors (Lipinski definition) is 0. The molecule has 0 N–H and O–H groups in total. The molecule has 1 aromatic rings. The Bertz CT molecular complexity index is 662. The summed E-state index contributed by atoms with van der Waals surface area (Å²) in [6, 6.07) is 7.27. The second-order valence-electron chi connectivity index (χ2n) is 7.19. The SMILES string of the molecule is CCCN1CCC(N2CCN(S(=O)(=O)c3ccc(OC)cc3)CC2)CC1. The minimum absolute atomic E-state index is 0.347. The maximum Gasteiger partial charge on any atom is 0.243 e. The Hall–Kier alpha value is -1.15. The highest BCUT2D eigenvalue weighted by atomic mass is 32.2. The highest BCUT2D eigenvalue weighted by molar-refractivity contribution is 7.89. The number of piperidine rings is 1. The Morgan fingerprint density at radius 1 is 1.00 bits per heavy atom. The third-order valence-corrected chi connectivity index (χ3v) is 7.50. The van der Waals surface area contributed by atoms with Crippen molar-refractivity contribution >= 4 is 10.0 Å². The molecule has 0 radical (unpaired) electrons. The summed E-state index contributed by atoms with van der Waals surface area (Å²) in [5.41, 5.74) is 0. The van der Waals surface area contributed by atoms with Gasteiger partial charge in [0, 0.05) is 32.2 Å². The van der Waals surface area contributed by atoms with E-state index < -0.39 is 10.0 Å². The summed E-state index contributed by atoms with van der Waals surface area (Å²) in [5.74, 6) is 0.670. The van der Waals surface area contributed by atoms with Gasteiger partial charge in [-0.2, -0.15) is 4.31 Å². The number of hydrogen-bond acceptors (Lipinski definition) is 5. The molecular weight excluding hydrogens is 350 g/mol. The third-order valence-electron chi connectivity index (χ3n) is 5.58. The number of ether oxygens (including phenoxy) is 1. The van der Waals surface area contributed by atoms with Crippen LogP contribution in [0.25, 0.3) is 0 Å². The molecule has 0 bridgehead atoms. The smallest absolute Gasteiger partial charge is 0.243 e. The van der Waals surface area contributed by atoms with Gasteiger partial charge in [-0.15, -0.1) is 0 Å². The van der Waals surface area contributed by atoms with E-state index in [1.54, 1.807) is 35.7 Å². The number of methoxy groups -OCH3 is 1. The Labute approximate surface area is 157 Å². The van der Waals surface area contributed by atoms with Crippen molar-refractivity contribution in [3.8, 4) is 5.75 Å². The molecule has 0 atom stereocenters. The third kappa shape index (κ3) is 4.39. The van der Waals surface area contributed by atoms with Crippen LogP contribution in [0.2, 0.25) is 0 Å². The van der Waals surface area contributed by atoms with Crippen LogP contribution in [-0.4, -0.2) is 81.5 Å². The summed E-state index contributed by atoms with van der Waals surface area (Å²) >= 11 is 0. The average molecular weight is 382 g/mol. The van der Waals surface area contributed by atoms with Gasteiger partial charge in [-0.05, 0) is 63.2 Å². The van der Waals surface area contributed by atoms with E-state index in [0.29, 0.717) is 29.8 Å². The van der Waals surface area contributed by atoms with Crippen molar-refractivity contribution in [2.45, 2.75) is 37.1 Å². The molecule has 2 aliphatic rings. The summed E-state index contributed by atoms with van der Waals surface area (Å²) < 4.78 is 32.4. The van der Waals surface area contributed by atoms with Gasteiger partial charge in [0.2, 0.25) is 10.0 Å². The average Bonchev–Trinajstić information content (AvgIpc) is 2.69. The van der Waals surface area contributed by atoms with E-state index in [1.807, 2.05) is 0 Å². The Kier molecular flexibility index (Phi) is 6.55. The van der Waals surface area contributed by atoms with E-state index in [1.165, 1.54) is 38.9 Å². The minimum atomic E-state index is -3.41. The molecular formula is C19H31N3O3S. The molecule has 26 heavy (non-hydrogen) atoms. The van der Waals surface area contributed by atoms with Crippen molar-refractivity contribution in [2.24, 2.45) is 0 Å². The molecule has 3 rings (SSSR count). The number of benzene rings is 1. The highest BCUT2D eigenvalue weighted by Crippen LogP contribution is 2.23. The number of likely N-dealkylation sites (tertiary alicyclic amines) is 1. The van der Waals surface area contributed by atoms with E-state index in [4.69, 9.17) is 4.74 Å². The second kappa shape index (κ2) is 8.69. The van der Waals surface area contributed by atoms with Crippen molar-refractivity contribution in [3.05, 3.63) is 24.3 Å². The predicted octanol–water partition coefficient (Wildman–Crippen LogP) is 1.88. The van der Waals surface area contributed by atoms with Crippen LogP contribution in [0.4, 0.5) is 0 Å². The van der Waals surface area contributed by atoms with Crippen molar-refractivity contribution in [3.63, 3.8) is 0 Å². The maximum absolute atomic E-state index is 12.8. The van der Waals surface area contributed by atoms with Crippen molar-refractivity contribution < 1.29 is 13.2 Å². The molecule has 1 aromatic carbocycles. The topological polar surface area (TPSA) is 53.1 Å². The Morgan fingerprint density at radius 2 is 1.62 bits per heavy atom.